The van der Waals surface area contributed by atoms with Crippen molar-refractivity contribution in [3.63, 3.8) is 0 Å². The zero-order valence-electron chi connectivity index (χ0n) is 14.2. The summed E-state index contributed by atoms with van der Waals surface area (Å²) < 4.78 is 11.7. The summed E-state index contributed by atoms with van der Waals surface area (Å²) in [5.74, 6) is 1.08. The number of hydrogen-bond donors (Lipinski definition) is 0. The van der Waals surface area contributed by atoms with Gasteiger partial charge in [0.2, 0.25) is 5.91 Å². The van der Waals surface area contributed by atoms with E-state index in [1.54, 1.807) is 0 Å². The summed E-state index contributed by atoms with van der Waals surface area (Å²) in [6.45, 7) is 2.99. The first-order valence-corrected chi connectivity index (χ1v) is 9.35. The monoisotopic (exact) mass is 329 g/mol. The van der Waals surface area contributed by atoms with E-state index in [1.165, 1.54) is 18.4 Å². The Bertz CT molecular complexity index is 551. The smallest absolute Gasteiger partial charge is 0.228 e. The lowest BCUT2D eigenvalue weighted by Gasteiger charge is -2.30. The van der Waals surface area contributed by atoms with Gasteiger partial charge < -0.3 is 14.4 Å². The zero-order valence-corrected chi connectivity index (χ0v) is 14.2. The molecule has 0 radical (unpaired) electrons. The summed E-state index contributed by atoms with van der Waals surface area (Å²) >= 11 is 0. The second-order valence-corrected chi connectivity index (χ2v) is 7.45. The molecule has 2 saturated heterocycles. The molecular formula is C20H27NO3. The van der Waals surface area contributed by atoms with Crippen molar-refractivity contribution in [3.8, 4) is 0 Å². The van der Waals surface area contributed by atoms with Gasteiger partial charge in [0.25, 0.3) is 0 Å². The Morgan fingerprint density at radius 1 is 1.17 bits per heavy atom. The molecule has 1 unspecified atom stereocenters. The predicted molar refractivity (Wildman–Crippen MR) is 91.7 cm³/mol. The van der Waals surface area contributed by atoms with Crippen LogP contribution in [-0.4, -0.2) is 49.3 Å². The number of benzene rings is 1. The molecule has 1 aliphatic carbocycles. The standard InChI is InChI=1S/C20H27NO3/c22-20(17-9-11-23-14-17)21-10-8-19(24-13-16-6-7-16)18(21)12-15-4-2-1-3-5-15/h1-5,16-19H,6-14H2/t17?,18-,19-/m0/s1. The average molecular weight is 329 g/mol. The maximum Gasteiger partial charge on any atom is 0.228 e. The molecule has 3 aliphatic rings. The van der Waals surface area contributed by atoms with Crippen LogP contribution in [0.1, 0.15) is 31.2 Å². The maximum atomic E-state index is 12.9. The molecule has 4 nitrogen and oxygen atoms in total. The van der Waals surface area contributed by atoms with Gasteiger partial charge in [-0.05, 0) is 43.6 Å². The molecule has 0 spiro atoms. The van der Waals surface area contributed by atoms with Gasteiger partial charge in [-0.25, -0.2) is 0 Å². The highest BCUT2D eigenvalue weighted by molar-refractivity contribution is 5.80. The molecule has 4 rings (SSSR count). The van der Waals surface area contributed by atoms with E-state index in [0.29, 0.717) is 6.61 Å². The first kappa shape index (κ1) is 16.1. The fraction of sp³-hybridized carbons (Fsp3) is 0.650. The molecule has 4 heteroatoms. The third-order valence-corrected chi connectivity index (χ3v) is 5.58. The second-order valence-electron chi connectivity index (χ2n) is 7.45. The van der Waals surface area contributed by atoms with Crippen LogP contribution in [0.4, 0.5) is 0 Å². The number of likely N-dealkylation sites (tertiary alicyclic amines) is 1. The lowest BCUT2D eigenvalue weighted by atomic mass is 10.00. The first-order chi connectivity index (χ1) is 11.8. The van der Waals surface area contributed by atoms with Gasteiger partial charge in [0.1, 0.15) is 0 Å². The summed E-state index contributed by atoms with van der Waals surface area (Å²) in [6.07, 6.45) is 5.49. The van der Waals surface area contributed by atoms with Crippen LogP contribution in [-0.2, 0) is 20.7 Å². The van der Waals surface area contributed by atoms with Crippen LogP contribution in [0.15, 0.2) is 30.3 Å². The third kappa shape index (κ3) is 3.65. The number of hydrogen-bond acceptors (Lipinski definition) is 3. The van der Waals surface area contributed by atoms with Gasteiger partial charge in [0.15, 0.2) is 0 Å². The van der Waals surface area contributed by atoms with Gasteiger partial charge in [0.05, 0.1) is 24.7 Å². The van der Waals surface area contributed by atoms with Gasteiger partial charge in [0, 0.05) is 19.8 Å². The third-order valence-electron chi connectivity index (χ3n) is 5.58. The van der Waals surface area contributed by atoms with E-state index in [1.807, 2.05) is 6.07 Å². The number of ether oxygens (including phenoxy) is 2. The molecule has 2 aliphatic heterocycles. The van der Waals surface area contributed by atoms with Crippen molar-refractivity contribution in [1.29, 1.82) is 0 Å². The SMILES string of the molecule is O=C(C1CCOC1)N1CC[C@H](OCC2CC2)[C@@H]1Cc1ccccc1. The van der Waals surface area contributed by atoms with Crippen LogP contribution in [0.2, 0.25) is 0 Å². The van der Waals surface area contributed by atoms with E-state index in [-0.39, 0.29) is 24.0 Å². The number of carbonyl (C=O) groups is 1. The lowest BCUT2D eigenvalue weighted by Crippen LogP contribution is -2.44. The molecule has 0 aromatic heterocycles. The molecule has 1 aromatic carbocycles. The molecule has 0 N–H and O–H groups in total. The normalized spacial score (nSPS) is 30.0. The van der Waals surface area contributed by atoms with Crippen LogP contribution in [0, 0.1) is 11.8 Å². The minimum Gasteiger partial charge on any atom is -0.381 e. The van der Waals surface area contributed by atoms with Crippen molar-refractivity contribution in [1.82, 2.24) is 4.90 Å². The van der Waals surface area contributed by atoms with Crippen molar-refractivity contribution in [2.24, 2.45) is 11.8 Å². The van der Waals surface area contributed by atoms with Crippen molar-refractivity contribution < 1.29 is 14.3 Å². The summed E-state index contributed by atoms with van der Waals surface area (Å²) in [6, 6.07) is 10.6. The highest BCUT2D eigenvalue weighted by Crippen LogP contribution is 2.32. The molecular weight excluding hydrogens is 302 g/mol. The molecule has 24 heavy (non-hydrogen) atoms. The van der Waals surface area contributed by atoms with Crippen LogP contribution >= 0.6 is 0 Å². The van der Waals surface area contributed by atoms with E-state index in [2.05, 4.69) is 29.2 Å². The van der Waals surface area contributed by atoms with E-state index < -0.39 is 0 Å². The summed E-state index contributed by atoms with van der Waals surface area (Å²) in [5, 5.41) is 0. The molecule has 130 valence electrons. The largest absolute Gasteiger partial charge is 0.381 e. The van der Waals surface area contributed by atoms with Gasteiger partial charge in [-0.1, -0.05) is 30.3 Å². The Morgan fingerprint density at radius 2 is 2.00 bits per heavy atom. The van der Waals surface area contributed by atoms with E-state index >= 15 is 0 Å². The quantitative estimate of drug-likeness (QED) is 0.805. The minimum absolute atomic E-state index is 0.0467. The molecule has 1 saturated carbocycles. The highest BCUT2D eigenvalue weighted by Gasteiger charge is 2.41. The molecule has 3 atom stereocenters. The number of carbonyl (C=O) groups excluding carboxylic acids is 1. The predicted octanol–water partition coefficient (Wildman–Crippen LogP) is 2.66. The Balaban J connectivity index is 1.47. The zero-order chi connectivity index (χ0) is 16.4. The Hall–Kier alpha value is -1.39. The van der Waals surface area contributed by atoms with Crippen molar-refractivity contribution in [2.75, 3.05) is 26.4 Å². The highest BCUT2D eigenvalue weighted by atomic mass is 16.5. The van der Waals surface area contributed by atoms with Crippen LogP contribution < -0.4 is 0 Å². The summed E-state index contributed by atoms with van der Waals surface area (Å²) in [7, 11) is 0. The number of rotatable bonds is 6. The van der Waals surface area contributed by atoms with E-state index in [9.17, 15) is 4.79 Å². The number of amides is 1. The number of nitrogens with zero attached hydrogens (tertiary/aromatic N) is 1. The molecule has 1 aromatic rings. The Labute approximate surface area is 144 Å². The molecule has 1 amide bonds. The molecule has 2 heterocycles. The van der Waals surface area contributed by atoms with Crippen LogP contribution in [0.5, 0.6) is 0 Å². The second kappa shape index (κ2) is 7.24. The fourth-order valence-electron chi connectivity index (χ4n) is 3.90. The maximum absolute atomic E-state index is 12.9. The fourth-order valence-corrected chi connectivity index (χ4v) is 3.90. The van der Waals surface area contributed by atoms with Crippen LogP contribution in [0.3, 0.4) is 0 Å². The topological polar surface area (TPSA) is 38.8 Å². The van der Waals surface area contributed by atoms with Crippen molar-refractivity contribution >= 4 is 5.91 Å². The average Bonchev–Trinajstić information content (AvgIpc) is 3.12. The van der Waals surface area contributed by atoms with Crippen LogP contribution in [0.25, 0.3) is 0 Å². The van der Waals surface area contributed by atoms with Crippen molar-refractivity contribution in [3.05, 3.63) is 35.9 Å². The van der Waals surface area contributed by atoms with Gasteiger partial charge in [-0.2, -0.15) is 0 Å². The lowest BCUT2D eigenvalue weighted by molar-refractivity contribution is -0.137. The van der Waals surface area contributed by atoms with E-state index in [0.717, 1.165) is 44.9 Å². The van der Waals surface area contributed by atoms with E-state index in [4.69, 9.17) is 9.47 Å². The van der Waals surface area contributed by atoms with Gasteiger partial charge in [-0.3, -0.25) is 4.79 Å². The van der Waals surface area contributed by atoms with Crippen molar-refractivity contribution in [2.45, 2.75) is 44.2 Å². The van der Waals surface area contributed by atoms with Gasteiger partial charge in [-0.15, -0.1) is 0 Å². The first-order valence-electron chi connectivity index (χ1n) is 9.35. The summed E-state index contributed by atoms with van der Waals surface area (Å²) in [5.41, 5.74) is 1.28. The van der Waals surface area contributed by atoms with Gasteiger partial charge >= 0.3 is 0 Å². The minimum atomic E-state index is 0.0467. The Morgan fingerprint density at radius 3 is 2.71 bits per heavy atom. The Kier molecular flexibility index (Phi) is 4.86. The molecule has 3 fully saturated rings. The summed E-state index contributed by atoms with van der Waals surface area (Å²) in [4.78, 5) is 15.0. The molecule has 0 bridgehead atoms.